The fourth-order valence-corrected chi connectivity index (χ4v) is 3.91. The molecular weight excluding hydrogens is 376 g/mol. The molecule has 3 heterocycles. The molecule has 2 aliphatic rings. The number of imide groups is 1. The molecule has 0 aromatic carbocycles. The monoisotopic (exact) mass is 404 g/mol. The first kappa shape index (κ1) is 20.9. The van der Waals surface area contributed by atoms with Gasteiger partial charge in [0.25, 0.3) is 11.8 Å². The maximum atomic E-state index is 12.6. The molecule has 9 nitrogen and oxygen atoms in total. The van der Waals surface area contributed by atoms with E-state index in [4.69, 9.17) is 4.42 Å². The number of amides is 5. The van der Waals surface area contributed by atoms with Crippen LogP contribution < -0.4 is 10.6 Å². The Labute approximate surface area is 169 Å². The number of urea groups is 1. The second-order valence-electron chi connectivity index (χ2n) is 7.67. The summed E-state index contributed by atoms with van der Waals surface area (Å²) in [5.41, 5.74) is -0.127. The number of nitrogens with one attached hydrogen (secondary N) is 2. The van der Waals surface area contributed by atoms with Crippen LogP contribution >= 0.6 is 0 Å². The first-order valence-electron chi connectivity index (χ1n) is 10.1. The Morgan fingerprint density at radius 3 is 2.41 bits per heavy atom. The Morgan fingerprint density at radius 2 is 1.90 bits per heavy atom. The molecule has 2 N–H and O–H groups in total. The maximum absolute atomic E-state index is 12.6. The van der Waals surface area contributed by atoms with Crippen LogP contribution in [0.4, 0.5) is 4.79 Å². The minimum absolute atomic E-state index is 0.0550. The summed E-state index contributed by atoms with van der Waals surface area (Å²) in [6.07, 6.45) is 3.65. The normalized spacial score (nSPS) is 19.4. The van der Waals surface area contributed by atoms with Crippen LogP contribution in [0, 0.1) is 6.92 Å². The molecule has 3 rings (SSSR count). The van der Waals surface area contributed by atoms with Crippen molar-refractivity contribution in [1.29, 1.82) is 0 Å². The molecule has 2 saturated heterocycles. The van der Waals surface area contributed by atoms with Gasteiger partial charge in [0.15, 0.2) is 5.76 Å². The van der Waals surface area contributed by atoms with Crippen molar-refractivity contribution in [3.05, 3.63) is 23.7 Å². The molecule has 1 aromatic rings. The SMILES string of the molecule is CCC1(CC)NC(=O)N(CC(=O)N2CCC(NC(=O)c3occc3C)CC2)C1=O. The van der Waals surface area contributed by atoms with Crippen molar-refractivity contribution in [2.45, 2.75) is 58.0 Å². The number of nitrogens with zero attached hydrogens (tertiary/aromatic N) is 2. The summed E-state index contributed by atoms with van der Waals surface area (Å²) >= 11 is 0. The molecule has 0 radical (unpaired) electrons. The molecule has 0 unspecified atom stereocenters. The van der Waals surface area contributed by atoms with Crippen molar-refractivity contribution in [2.75, 3.05) is 19.6 Å². The van der Waals surface area contributed by atoms with Crippen LogP contribution in [0.3, 0.4) is 0 Å². The number of rotatable bonds is 6. The average Bonchev–Trinajstić information content (AvgIpc) is 3.25. The molecular formula is C20H28N4O5. The predicted octanol–water partition coefficient (Wildman–Crippen LogP) is 1.42. The van der Waals surface area contributed by atoms with E-state index in [0.29, 0.717) is 44.5 Å². The largest absolute Gasteiger partial charge is 0.459 e. The molecule has 9 heteroatoms. The number of likely N-dealkylation sites (tertiary alicyclic amines) is 1. The zero-order valence-corrected chi connectivity index (χ0v) is 17.1. The van der Waals surface area contributed by atoms with Gasteiger partial charge in [0.1, 0.15) is 12.1 Å². The molecule has 5 amide bonds. The molecule has 2 fully saturated rings. The van der Waals surface area contributed by atoms with Gasteiger partial charge in [-0.2, -0.15) is 0 Å². The van der Waals surface area contributed by atoms with Crippen LogP contribution in [0.5, 0.6) is 0 Å². The van der Waals surface area contributed by atoms with E-state index >= 15 is 0 Å². The fourth-order valence-electron chi connectivity index (χ4n) is 3.91. The smallest absolute Gasteiger partial charge is 0.325 e. The first-order valence-corrected chi connectivity index (χ1v) is 10.1. The predicted molar refractivity (Wildman–Crippen MR) is 104 cm³/mol. The van der Waals surface area contributed by atoms with E-state index in [2.05, 4.69) is 10.6 Å². The maximum Gasteiger partial charge on any atom is 0.325 e. The third kappa shape index (κ3) is 3.99. The topological polar surface area (TPSA) is 112 Å². The molecule has 0 aliphatic carbocycles. The Morgan fingerprint density at radius 1 is 1.24 bits per heavy atom. The zero-order chi connectivity index (χ0) is 21.2. The number of hydrogen-bond donors (Lipinski definition) is 2. The second-order valence-corrected chi connectivity index (χ2v) is 7.67. The van der Waals surface area contributed by atoms with E-state index in [1.165, 1.54) is 6.26 Å². The van der Waals surface area contributed by atoms with Crippen LogP contribution in [0.2, 0.25) is 0 Å². The second kappa shape index (κ2) is 8.26. The van der Waals surface area contributed by atoms with Crippen molar-refractivity contribution < 1.29 is 23.6 Å². The zero-order valence-electron chi connectivity index (χ0n) is 17.1. The standard InChI is InChI=1S/C20H28N4O5/c1-4-20(5-2)18(27)24(19(28)22-20)12-15(25)23-9-6-14(7-10-23)21-17(26)16-13(3)8-11-29-16/h8,11,14H,4-7,9-10,12H2,1-3H3,(H,21,26)(H,22,28). The van der Waals surface area contributed by atoms with Gasteiger partial charge in [-0.3, -0.25) is 19.3 Å². The Balaban J connectivity index is 1.51. The summed E-state index contributed by atoms with van der Waals surface area (Å²) in [5.74, 6) is -0.551. The van der Waals surface area contributed by atoms with Crippen LogP contribution in [0.25, 0.3) is 0 Å². The summed E-state index contributed by atoms with van der Waals surface area (Å²) in [7, 11) is 0. The van der Waals surface area contributed by atoms with Gasteiger partial charge in [-0.05, 0) is 38.7 Å². The number of hydrogen-bond acceptors (Lipinski definition) is 5. The lowest BCUT2D eigenvalue weighted by molar-refractivity contribution is -0.139. The highest BCUT2D eigenvalue weighted by atomic mass is 16.3. The summed E-state index contributed by atoms with van der Waals surface area (Å²) in [4.78, 5) is 52.4. The average molecular weight is 404 g/mol. The summed E-state index contributed by atoms with van der Waals surface area (Å²) in [6, 6.07) is 1.17. The van der Waals surface area contributed by atoms with Gasteiger partial charge < -0.3 is 20.0 Å². The lowest BCUT2D eigenvalue weighted by Gasteiger charge is -2.33. The molecule has 0 spiro atoms. The quantitative estimate of drug-likeness (QED) is 0.697. The van der Waals surface area contributed by atoms with E-state index in [1.807, 2.05) is 13.8 Å². The lowest BCUT2D eigenvalue weighted by Crippen LogP contribution is -2.50. The van der Waals surface area contributed by atoms with E-state index < -0.39 is 11.6 Å². The molecule has 0 saturated carbocycles. The van der Waals surface area contributed by atoms with Crippen molar-refractivity contribution in [3.8, 4) is 0 Å². The molecule has 158 valence electrons. The van der Waals surface area contributed by atoms with Gasteiger partial charge >= 0.3 is 6.03 Å². The third-order valence-electron chi connectivity index (χ3n) is 6.00. The van der Waals surface area contributed by atoms with E-state index in [0.717, 1.165) is 10.5 Å². The number of carbonyl (C=O) groups is 4. The van der Waals surface area contributed by atoms with Gasteiger partial charge in [0.2, 0.25) is 5.91 Å². The van der Waals surface area contributed by atoms with Crippen molar-refractivity contribution >= 4 is 23.8 Å². The van der Waals surface area contributed by atoms with Crippen LogP contribution in [0.15, 0.2) is 16.7 Å². The van der Waals surface area contributed by atoms with Gasteiger partial charge in [-0.1, -0.05) is 13.8 Å². The van der Waals surface area contributed by atoms with Crippen LogP contribution in [-0.4, -0.2) is 64.8 Å². The Hall–Kier alpha value is -2.84. The number of piperidine rings is 1. The van der Waals surface area contributed by atoms with Crippen LogP contribution in [0.1, 0.15) is 55.6 Å². The highest BCUT2D eigenvalue weighted by Crippen LogP contribution is 2.25. The third-order valence-corrected chi connectivity index (χ3v) is 6.00. The van der Waals surface area contributed by atoms with E-state index in [1.54, 1.807) is 17.9 Å². The summed E-state index contributed by atoms with van der Waals surface area (Å²) < 4.78 is 5.20. The number of aryl methyl sites for hydroxylation is 1. The molecule has 29 heavy (non-hydrogen) atoms. The van der Waals surface area contributed by atoms with Crippen LogP contribution in [-0.2, 0) is 9.59 Å². The van der Waals surface area contributed by atoms with Gasteiger partial charge in [0.05, 0.1) is 6.26 Å². The minimum Gasteiger partial charge on any atom is -0.459 e. The summed E-state index contributed by atoms with van der Waals surface area (Å²) in [6.45, 7) is 6.15. The number of furan rings is 1. The number of carbonyl (C=O) groups excluding carboxylic acids is 4. The molecule has 0 atom stereocenters. The molecule has 1 aromatic heterocycles. The Kier molecular flexibility index (Phi) is 5.95. The van der Waals surface area contributed by atoms with Gasteiger partial charge in [-0.25, -0.2) is 4.79 Å². The lowest BCUT2D eigenvalue weighted by atomic mass is 9.93. The van der Waals surface area contributed by atoms with Crippen molar-refractivity contribution in [1.82, 2.24) is 20.4 Å². The van der Waals surface area contributed by atoms with Gasteiger partial charge in [0, 0.05) is 24.7 Å². The fraction of sp³-hybridized carbons (Fsp3) is 0.600. The van der Waals surface area contributed by atoms with Crippen molar-refractivity contribution in [2.24, 2.45) is 0 Å². The minimum atomic E-state index is -0.904. The summed E-state index contributed by atoms with van der Waals surface area (Å²) in [5, 5.41) is 5.67. The molecule has 0 bridgehead atoms. The molecule has 2 aliphatic heterocycles. The van der Waals surface area contributed by atoms with Crippen molar-refractivity contribution in [3.63, 3.8) is 0 Å². The first-order chi connectivity index (χ1) is 13.8. The Bertz CT molecular complexity index is 806. The van der Waals surface area contributed by atoms with Gasteiger partial charge in [-0.15, -0.1) is 0 Å². The highest BCUT2D eigenvalue weighted by molar-refractivity contribution is 6.09. The highest BCUT2D eigenvalue weighted by Gasteiger charge is 2.49. The van der Waals surface area contributed by atoms with E-state index in [-0.39, 0.29) is 30.3 Å². The van der Waals surface area contributed by atoms with E-state index in [9.17, 15) is 19.2 Å².